The maximum absolute atomic E-state index is 13.1. The zero-order chi connectivity index (χ0) is 17.8. The van der Waals surface area contributed by atoms with Gasteiger partial charge in [-0.05, 0) is 55.6 Å². The maximum Gasteiger partial charge on any atom is 0.264 e. The molecule has 4 nitrogen and oxygen atoms in total. The van der Waals surface area contributed by atoms with Crippen molar-refractivity contribution >= 4 is 17.2 Å². The van der Waals surface area contributed by atoms with Crippen molar-refractivity contribution in [2.75, 3.05) is 26.7 Å². The Kier molecular flexibility index (Phi) is 5.76. The fourth-order valence-corrected chi connectivity index (χ4v) is 4.38. The number of nitrogens with one attached hydrogen (secondary N) is 1. The second-order valence-corrected chi connectivity index (χ2v) is 7.71. The zero-order valence-corrected chi connectivity index (χ0v) is 16.0. The van der Waals surface area contributed by atoms with Gasteiger partial charge in [0.1, 0.15) is 5.75 Å². The van der Waals surface area contributed by atoms with Gasteiger partial charge in [-0.1, -0.05) is 19.1 Å². The molecule has 2 aromatic rings. The van der Waals surface area contributed by atoms with Crippen LogP contribution in [-0.2, 0) is 0 Å². The van der Waals surface area contributed by atoms with Gasteiger partial charge in [0.25, 0.3) is 5.91 Å². The van der Waals surface area contributed by atoms with Gasteiger partial charge in [0.05, 0.1) is 12.0 Å². The summed E-state index contributed by atoms with van der Waals surface area (Å²) >= 11 is 1.60. The van der Waals surface area contributed by atoms with Crippen LogP contribution >= 0.6 is 11.3 Å². The van der Waals surface area contributed by atoms with E-state index in [2.05, 4.69) is 30.1 Å². The number of nitrogens with zero attached hydrogens (tertiary/aromatic N) is 1. The van der Waals surface area contributed by atoms with Crippen molar-refractivity contribution in [3.05, 3.63) is 40.1 Å². The molecule has 1 amide bonds. The predicted molar refractivity (Wildman–Crippen MR) is 104 cm³/mol. The molecule has 0 bridgehead atoms. The number of ether oxygens (including phenoxy) is 1. The quantitative estimate of drug-likeness (QED) is 0.850. The van der Waals surface area contributed by atoms with Crippen molar-refractivity contribution in [2.24, 2.45) is 0 Å². The predicted octanol–water partition coefficient (Wildman–Crippen LogP) is 3.95. The standard InChI is InChI=1S/C20H26N2O2S/c1-4-11-22(16-9-10-21-13-16)20(23)19-12-18(14(2)25-19)15-5-7-17(24-3)8-6-15/h5-8,12,16,21H,4,9-11,13H2,1-3H3. The Morgan fingerprint density at radius 1 is 1.36 bits per heavy atom. The number of amides is 1. The van der Waals surface area contributed by atoms with Gasteiger partial charge in [-0.2, -0.15) is 0 Å². The Morgan fingerprint density at radius 3 is 2.72 bits per heavy atom. The van der Waals surface area contributed by atoms with Crippen LogP contribution in [-0.4, -0.2) is 43.6 Å². The van der Waals surface area contributed by atoms with E-state index in [4.69, 9.17) is 4.74 Å². The van der Waals surface area contributed by atoms with Crippen LogP contribution in [0, 0.1) is 6.92 Å². The summed E-state index contributed by atoms with van der Waals surface area (Å²) in [7, 11) is 1.67. The molecule has 1 aromatic heterocycles. The first-order valence-electron chi connectivity index (χ1n) is 8.90. The number of benzene rings is 1. The Balaban J connectivity index is 1.85. The SMILES string of the molecule is CCCN(C(=O)c1cc(-c2ccc(OC)cc2)c(C)s1)C1CCNC1. The summed E-state index contributed by atoms with van der Waals surface area (Å²) in [6, 6.07) is 10.4. The van der Waals surface area contributed by atoms with E-state index in [0.717, 1.165) is 54.2 Å². The van der Waals surface area contributed by atoms with E-state index in [-0.39, 0.29) is 5.91 Å². The third kappa shape index (κ3) is 3.88. The zero-order valence-electron chi connectivity index (χ0n) is 15.2. The van der Waals surface area contributed by atoms with E-state index in [1.165, 1.54) is 4.88 Å². The second-order valence-electron chi connectivity index (χ2n) is 6.45. The van der Waals surface area contributed by atoms with Crippen molar-refractivity contribution in [3.8, 4) is 16.9 Å². The van der Waals surface area contributed by atoms with E-state index in [1.54, 1.807) is 18.4 Å². The number of thiophene rings is 1. The summed E-state index contributed by atoms with van der Waals surface area (Å²) in [5.41, 5.74) is 2.26. The van der Waals surface area contributed by atoms with E-state index < -0.39 is 0 Å². The van der Waals surface area contributed by atoms with Crippen molar-refractivity contribution in [1.82, 2.24) is 10.2 Å². The largest absolute Gasteiger partial charge is 0.497 e. The highest BCUT2D eigenvalue weighted by Crippen LogP contribution is 2.33. The summed E-state index contributed by atoms with van der Waals surface area (Å²) in [4.78, 5) is 17.2. The highest BCUT2D eigenvalue weighted by atomic mass is 32.1. The van der Waals surface area contributed by atoms with Crippen molar-refractivity contribution < 1.29 is 9.53 Å². The molecule has 0 saturated carbocycles. The first-order chi connectivity index (χ1) is 12.1. The molecule has 0 spiro atoms. The summed E-state index contributed by atoms with van der Waals surface area (Å²) in [6.07, 6.45) is 2.03. The molecule has 1 aliphatic rings. The number of aryl methyl sites for hydroxylation is 1. The average molecular weight is 359 g/mol. The lowest BCUT2D eigenvalue weighted by atomic mass is 10.1. The molecule has 0 aliphatic carbocycles. The molecule has 1 atom stereocenters. The van der Waals surface area contributed by atoms with Gasteiger partial charge in [0.15, 0.2) is 0 Å². The molecule has 1 unspecified atom stereocenters. The fraction of sp³-hybridized carbons (Fsp3) is 0.450. The average Bonchev–Trinajstić information content (AvgIpc) is 3.29. The molecule has 3 rings (SSSR count). The molecule has 0 radical (unpaired) electrons. The van der Waals surface area contributed by atoms with Crippen molar-refractivity contribution in [2.45, 2.75) is 32.7 Å². The van der Waals surface area contributed by atoms with Gasteiger partial charge in [0.2, 0.25) is 0 Å². The molecular formula is C20H26N2O2S. The molecule has 5 heteroatoms. The summed E-state index contributed by atoms with van der Waals surface area (Å²) in [6.45, 7) is 6.94. The molecule has 2 heterocycles. The maximum atomic E-state index is 13.1. The number of carbonyl (C=O) groups excluding carboxylic acids is 1. The minimum atomic E-state index is 0.170. The van der Waals surface area contributed by atoms with E-state index in [9.17, 15) is 4.79 Å². The van der Waals surface area contributed by atoms with Crippen LogP contribution in [0.15, 0.2) is 30.3 Å². The molecule has 25 heavy (non-hydrogen) atoms. The summed E-state index contributed by atoms with van der Waals surface area (Å²) in [5, 5.41) is 3.37. The van der Waals surface area contributed by atoms with Gasteiger partial charge >= 0.3 is 0 Å². The molecule has 1 fully saturated rings. The monoisotopic (exact) mass is 358 g/mol. The van der Waals surface area contributed by atoms with Crippen LogP contribution in [0.4, 0.5) is 0 Å². The number of hydrogen-bond donors (Lipinski definition) is 1. The van der Waals surface area contributed by atoms with Crippen LogP contribution in [0.1, 0.15) is 34.3 Å². The molecule has 1 N–H and O–H groups in total. The van der Waals surface area contributed by atoms with Crippen LogP contribution in [0.25, 0.3) is 11.1 Å². The van der Waals surface area contributed by atoms with E-state index in [1.807, 2.05) is 24.3 Å². The Hall–Kier alpha value is -1.85. The third-order valence-electron chi connectivity index (χ3n) is 4.73. The smallest absolute Gasteiger partial charge is 0.264 e. The summed E-state index contributed by atoms with van der Waals surface area (Å²) in [5.74, 6) is 1.01. The Labute approximate surface area is 153 Å². The topological polar surface area (TPSA) is 41.6 Å². The summed E-state index contributed by atoms with van der Waals surface area (Å²) < 4.78 is 5.23. The Morgan fingerprint density at radius 2 is 2.12 bits per heavy atom. The fourth-order valence-electron chi connectivity index (χ4n) is 3.38. The van der Waals surface area contributed by atoms with Crippen molar-refractivity contribution in [1.29, 1.82) is 0 Å². The van der Waals surface area contributed by atoms with Crippen LogP contribution in [0.5, 0.6) is 5.75 Å². The number of hydrogen-bond acceptors (Lipinski definition) is 4. The Bertz CT molecular complexity index is 718. The molecular weight excluding hydrogens is 332 g/mol. The van der Waals surface area contributed by atoms with Crippen LogP contribution in [0.3, 0.4) is 0 Å². The number of carbonyl (C=O) groups is 1. The highest BCUT2D eigenvalue weighted by molar-refractivity contribution is 7.14. The third-order valence-corrected chi connectivity index (χ3v) is 5.77. The van der Waals surface area contributed by atoms with Gasteiger partial charge in [-0.3, -0.25) is 4.79 Å². The van der Waals surface area contributed by atoms with Gasteiger partial charge in [-0.15, -0.1) is 11.3 Å². The van der Waals surface area contributed by atoms with Gasteiger partial charge in [-0.25, -0.2) is 0 Å². The number of rotatable bonds is 6. The molecule has 1 aromatic carbocycles. The first kappa shape index (κ1) is 18.0. The van der Waals surface area contributed by atoms with Gasteiger partial charge in [0, 0.05) is 24.0 Å². The minimum Gasteiger partial charge on any atom is -0.497 e. The second kappa shape index (κ2) is 8.02. The van der Waals surface area contributed by atoms with E-state index in [0.29, 0.717) is 6.04 Å². The first-order valence-corrected chi connectivity index (χ1v) is 9.72. The molecule has 1 saturated heterocycles. The van der Waals surface area contributed by atoms with Crippen molar-refractivity contribution in [3.63, 3.8) is 0 Å². The van der Waals surface area contributed by atoms with Crippen LogP contribution < -0.4 is 10.1 Å². The lowest BCUT2D eigenvalue weighted by molar-refractivity contribution is 0.0697. The number of methoxy groups -OCH3 is 1. The highest BCUT2D eigenvalue weighted by Gasteiger charge is 2.28. The van der Waals surface area contributed by atoms with E-state index >= 15 is 0 Å². The molecule has 1 aliphatic heterocycles. The van der Waals surface area contributed by atoms with Gasteiger partial charge < -0.3 is 15.0 Å². The normalized spacial score (nSPS) is 16.8. The lowest BCUT2D eigenvalue weighted by Gasteiger charge is -2.27. The molecule has 134 valence electrons. The van der Waals surface area contributed by atoms with Crippen LogP contribution in [0.2, 0.25) is 0 Å². The lowest BCUT2D eigenvalue weighted by Crippen LogP contribution is -2.41. The minimum absolute atomic E-state index is 0.170.